The first-order chi connectivity index (χ1) is 15.2. The van der Waals surface area contributed by atoms with Crippen LogP contribution in [0.3, 0.4) is 0 Å². The molecule has 0 aliphatic rings. The molecule has 4 heteroatoms. The van der Waals surface area contributed by atoms with Crippen LogP contribution in [0.4, 0.5) is 0 Å². The summed E-state index contributed by atoms with van der Waals surface area (Å²) in [6, 6.07) is 18.1. The summed E-state index contributed by atoms with van der Waals surface area (Å²) in [5.74, 6) is 1.17. The Balaban J connectivity index is 2.59. The fraction of sp³-hybridized carbons (Fsp3) is 0.586. The van der Waals surface area contributed by atoms with Gasteiger partial charge in [0, 0.05) is 23.6 Å². The van der Waals surface area contributed by atoms with Crippen molar-refractivity contribution < 1.29 is 9.53 Å². The molecule has 184 valence electrons. The highest BCUT2D eigenvalue weighted by Gasteiger charge is 2.39. The smallest absolute Gasteiger partial charge is 0.250 e. The van der Waals surface area contributed by atoms with E-state index in [1.54, 1.807) is 0 Å². The molecule has 0 bridgehead atoms. The van der Waals surface area contributed by atoms with E-state index in [1.807, 2.05) is 13.0 Å². The molecule has 0 spiro atoms. The molecule has 2 aromatic rings. The van der Waals surface area contributed by atoms with Crippen LogP contribution >= 0.6 is 0 Å². The van der Waals surface area contributed by atoms with E-state index in [1.165, 1.54) is 11.1 Å². The van der Waals surface area contributed by atoms with E-state index >= 15 is 0 Å². The molecule has 0 fully saturated rings. The van der Waals surface area contributed by atoms with Crippen LogP contribution < -0.4 is 4.43 Å². The molecule has 3 nitrogen and oxygen atoms in total. The minimum absolute atomic E-state index is 0.113. The van der Waals surface area contributed by atoms with Gasteiger partial charge in [-0.2, -0.15) is 0 Å². The highest BCUT2D eigenvalue weighted by atomic mass is 28.4. The van der Waals surface area contributed by atoms with Gasteiger partial charge in [-0.25, -0.2) is 0 Å². The quantitative estimate of drug-likeness (QED) is 0.361. The molecule has 2 atom stereocenters. The summed E-state index contributed by atoms with van der Waals surface area (Å²) < 4.78 is 6.88. The second-order valence-corrected chi connectivity index (χ2v) is 16.2. The van der Waals surface area contributed by atoms with Crippen LogP contribution in [0.1, 0.15) is 90.5 Å². The lowest BCUT2D eigenvalue weighted by Gasteiger charge is -2.38. The third-order valence-corrected chi connectivity index (χ3v) is 11.6. The Morgan fingerprint density at radius 3 is 1.94 bits per heavy atom. The molecular formula is C29H47NO2Si. The van der Waals surface area contributed by atoms with Crippen molar-refractivity contribution in [3.05, 3.63) is 65.2 Å². The van der Waals surface area contributed by atoms with Gasteiger partial charge in [-0.1, -0.05) is 57.2 Å². The Labute approximate surface area is 204 Å². The SMILES string of the molecule is CC(O)c1ccc(O[Si](C)(C)C(C)(C)C)c(C(CCN(C(C)C)C(C)C)c2ccccc2)c1. The van der Waals surface area contributed by atoms with Gasteiger partial charge in [0.15, 0.2) is 0 Å². The molecular weight excluding hydrogens is 422 g/mol. The second-order valence-electron chi connectivity index (χ2n) is 11.5. The molecule has 0 saturated carbocycles. The highest BCUT2D eigenvalue weighted by molar-refractivity contribution is 6.74. The van der Waals surface area contributed by atoms with Gasteiger partial charge in [0.25, 0.3) is 0 Å². The Kier molecular flexibility index (Phi) is 9.38. The standard InChI is InChI=1S/C29H47NO2Si/c1-21(2)30(22(3)4)19-18-26(24-14-12-11-13-15-24)27-20-25(23(5)31)16-17-28(27)32-33(9,10)29(6,7)8/h11-17,20-23,26,31H,18-19H2,1-10H3. The number of hydrogen-bond donors (Lipinski definition) is 1. The van der Waals surface area contributed by atoms with Crippen LogP contribution in [0.15, 0.2) is 48.5 Å². The minimum atomic E-state index is -2.02. The van der Waals surface area contributed by atoms with E-state index in [0.29, 0.717) is 12.1 Å². The molecule has 2 rings (SSSR count). The summed E-state index contributed by atoms with van der Waals surface area (Å²) in [7, 11) is -2.02. The van der Waals surface area contributed by atoms with Gasteiger partial charge in [-0.3, -0.25) is 4.90 Å². The Morgan fingerprint density at radius 2 is 1.45 bits per heavy atom. The molecule has 2 unspecified atom stereocenters. The minimum Gasteiger partial charge on any atom is -0.543 e. The number of aliphatic hydroxyl groups excluding tert-OH is 1. The van der Waals surface area contributed by atoms with E-state index in [-0.39, 0.29) is 11.0 Å². The molecule has 1 N–H and O–H groups in total. The zero-order chi connectivity index (χ0) is 25.0. The van der Waals surface area contributed by atoms with Gasteiger partial charge < -0.3 is 9.53 Å². The summed E-state index contributed by atoms with van der Waals surface area (Å²) in [6.07, 6.45) is 0.488. The second kappa shape index (κ2) is 11.2. The molecule has 0 aliphatic heterocycles. The van der Waals surface area contributed by atoms with Gasteiger partial charge in [0.2, 0.25) is 8.32 Å². The molecule has 33 heavy (non-hydrogen) atoms. The Bertz CT molecular complexity index is 861. The zero-order valence-electron chi connectivity index (χ0n) is 22.6. The van der Waals surface area contributed by atoms with Gasteiger partial charge in [0.1, 0.15) is 5.75 Å². The summed E-state index contributed by atoms with van der Waals surface area (Å²) in [4.78, 5) is 2.56. The first-order valence-corrected chi connectivity index (χ1v) is 15.5. The zero-order valence-corrected chi connectivity index (χ0v) is 23.6. The molecule has 0 radical (unpaired) electrons. The van der Waals surface area contributed by atoms with Crippen molar-refractivity contribution in [1.82, 2.24) is 4.90 Å². The molecule has 2 aromatic carbocycles. The van der Waals surface area contributed by atoms with E-state index in [0.717, 1.165) is 24.3 Å². The number of aliphatic hydroxyl groups is 1. The van der Waals surface area contributed by atoms with E-state index in [4.69, 9.17) is 4.43 Å². The molecule has 0 aromatic heterocycles. The number of nitrogens with zero attached hydrogens (tertiary/aromatic N) is 1. The number of hydrogen-bond acceptors (Lipinski definition) is 3. The summed E-state index contributed by atoms with van der Waals surface area (Å²) in [5.41, 5.74) is 3.43. The van der Waals surface area contributed by atoms with Crippen LogP contribution in [0.2, 0.25) is 18.1 Å². The summed E-state index contributed by atoms with van der Waals surface area (Å²) in [6.45, 7) is 23.4. The van der Waals surface area contributed by atoms with Gasteiger partial charge in [-0.15, -0.1) is 0 Å². The topological polar surface area (TPSA) is 32.7 Å². The van der Waals surface area contributed by atoms with Crippen molar-refractivity contribution in [2.24, 2.45) is 0 Å². The van der Waals surface area contributed by atoms with Crippen molar-refractivity contribution in [2.45, 2.75) is 104 Å². The summed E-state index contributed by atoms with van der Waals surface area (Å²) >= 11 is 0. The first kappa shape index (κ1) is 27.6. The van der Waals surface area contributed by atoms with Crippen LogP contribution in [-0.4, -0.2) is 37.0 Å². The lowest BCUT2D eigenvalue weighted by molar-refractivity contribution is 0.170. The third kappa shape index (κ3) is 7.18. The maximum absolute atomic E-state index is 10.4. The molecule has 0 aliphatic carbocycles. The van der Waals surface area contributed by atoms with E-state index in [9.17, 15) is 5.11 Å². The van der Waals surface area contributed by atoms with E-state index in [2.05, 4.69) is 109 Å². The average molecular weight is 470 g/mol. The number of benzene rings is 2. The molecule has 0 saturated heterocycles. The van der Waals surface area contributed by atoms with Crippen molar-refractivity contribution in [1.29, 1.82) is 0 Å². The van der Waals surface area contributed by atoms with Gasteiger partial charge in [0.05, 0.1) is 6.10 Å². The van der Waals surface area contributed by atoms with Gasteiger partial charge in [-0.05, 0) is 89.0 Å². The lowest BCUT2D eigenvalue weighted by Crippen LogP contribution is -2.44. The average Bonchev–Trinajstić information content (AvgIpc) is 2.70. The maximum Gasteiger partial charge on any atom is 0.250 e. The number of rotatable bonds is 10. The highest BCUT2D eigenvalue weighted by Crippen LogP contribution is 2.42. The maximum atomic E-state index is 10.4. The van der Waals surface area contributed by atoms with E-state index < -0.39 is 14.4 Å². The van der Waals surface area contributed by atoms with Crippen LogP contribution in [0, 0.1) is 0 Å². The molecule has 0 heterocycles. The normalized spacial score (nSPS) is 14.7. The predicted octanol–water partition coefficient (Wildman–Crippen LogP) is 7.76. The fourth-order valence-electron chi connectivity index (χ4n) is 4.20. The lowest BCUT2D eigenvalue weighted by atomic mass is 9.86. The first-order valence-electron chi connectivity index (χ1n) is 12.6. The van der Waals surface area contributed by atoms with Crippen molar-refractivity contribution >= 4 is 8.32 Å². The van der Waals surface area contributed by atoms with Crippen LogP contribution in [-0.2, 0) is 0 Å². The summed E-state index contributed by atoms with van der Waals surface area (Å²) in [5, 5.41) is 10.5. The Morgan fingerprint density at radius 1 is 0.879 bits per heavy atom. The van der Waals surface area contributed by atoms with Gasteiger partial charge >= 0.3 is 0 Å². The fourth-order valence-corrected chi connectivity index (χ4v) is 5.24. The largest absolute Gasteiger partial charge is 0.543 e. The monoisotopic (exact) mass is 469 g/mol. The van der Waals surface area contributed by atoms with Crippen molar-refractivity contribution in [3.8, 4) is 5.75 Å². The predicted molar refractivity (Wildman–Crippen MR) is 145 cm³/mol. The Hall–Kier alpha value is -1.62. The van der Waals surface area contributed by atoms with Crippen LogP contribution in [0.5, 0.6) is 5.75 Å². The third-order valence-electron chi connectivity index (χ3n) is 7.27. The van der Waals surface area contributed by atoms with Crippen LogP contribution in [0.25, 0.3) is 0 Å². The molecule has 0 amide bonds. The van der Waals surface area contributed by atoms with Crippen molar-refractivity contribution in [2.75, 3.05) is 6.54 Å². The van der Waals surface area contributed by atoms with Crippen molar-refractivity contribution in [3.63, 3.8) is 0 Å².